The first-order chi connectivity index (χ1) is 34.7. The van der Waals surface area contributed by atoms with Crippen LogP contribution < -0.4 is 5.73 Å². The number of hydrogen-bond acceptors (Lipinski definition) is 18. The van der Waals surface area contributed by atoms with Gasteiger partial charge >= 0.3 is 5.97 Å². The van der Waals surface area contributed by atoms with Crippen molar-refractivity contribution in [3.8, 4) is 0 Å². The monoisotopic (exact) mass is 1050 g/mol. The number of methoxy groups -OCH3 is 3. The number of carbonyl (C=O) groups excluding carboxylic acids is 3. The van der Waals surface area contributed by atoms with E-state index in [1.165, 1.54) is 39.9 Å². The number of likely N-dealkylation sites (N-methyl/N-ethyl adjacent to an activating group) is 1. The molecule has 20 nitrogen and oxygen atoms in total. The molecule has 0 bridgehead atoms. The van der Waals surface area contributed by atoms with Gasteiger partial charge in [-0.25, -0.2) is 9.07 Å². The number of Topliss-reactive ketones (excluding diaryl/α,β-unsaturated/α-hetero) is 1. The van der Waals surface area contributed by atoms with Gasteiger partial charge in [0.15, 0.2) is 12.6 Å². The lowest BCUT2D eigenvalue weighted by atomic mass is 9.74. The van der Waals surface area contributed by atoms with Crippen molar-refractivity contribution in [3.05, 3.63) is 47.3 Å². The standard InChI is InChI=1S/C53H86FN5O15/c1-15-39-53(10,66)46(63)30(4)42(61)28(2)24-52(9,69-14)48(31(5)44(32(6)49(65)72-39)73-41-25-51(8,68-13)47(64)33(7)71-41)74-50-43(62)37(22-29(3)70-50)58(11)21-20-36-27-59(57-56-36)38(26-54)45(67-12)35-18-16-34(17-19-35)23-40(55)60/h16-19,27-33,37-39,41,43-48,50,62-64,66H,15,20-26H2,1-14H3,(H2,55,60)/t28-,29-,30+,31+,32-,33+,37+,38-,39-,41+,43-,44+,45-,46-,47+,48-,50+,51-,52-,53-/m1/s1. The molecule has 0 saturated carbocycles. The second-order valence-corrected chi connectivity index (χ2v) is 21.9. The summed E-state index contributed by atoms with van der Waals surface area (Å²) >= 11 is 0. The lowest BCUT2D eigenvalue weighted by molar-refractivity contribution is -0.319. The first-order valence-corrected chi connectivity index (χ1v) is 26.0. The van der Waals surface area contributed by atoms with Crippen LogP contribution in [0, 0.1) is 23.7 Å². The zero-order chi connectivity index (χ0) is 55.2. The van der Waals surface area contributed by atoms with E-state index in [9.17, 15) is 39.2 Å². The van der Waals surface area contributed by atoms with Crippen LogP contribution in [-0.2, 0) is 65.1 Å². The van der Waals surface area contributed by atoms with E-state index < -0.39 is 139 Å². The molecule has 1 amide bonds. The van der Waals surface area contributed by atoms with E-state index in [2.05, 4.69) is 10.3 Å². The molecule has 74 heavy (non-hydrogen) atoms. The molecule has 0 radical (unpaired) electrons. The molecule has 5 rings (SSSR count). The summed E-state index contributed by atoms with van der Waals surface area (Å²) in [6.07, 6.45) is -8.74. The number of nitrogens with two attached hydrogens (primary N) is 1. The molecule has 3 fully saturated rings. The Morgan fingerprint density at radius 3 is 2.18 bits per heavy atom. The number of halogens is 1. The highest BCUT2D eigenvalue weighted by Crippen LogP contribution is 2.42. The summed E-state index contributed by atoms with van der Waals surface area (Å²) in [6, 6.07) is 5.66. The molecule has 1 aromatic heterocycles. The van der Waals surface area contributed by atoms with Crippen LogP contribution in [0.5, 0.6) is 0 Å². The SMILES string of the molecule is CC[C@H]1OC(=O)[C@H](C)[C@@H](O[C@H]2C[C@@](C)(OC)[C@@H](O)[C@H](C)O2)[C@H](C)[C@@H](O[C@@H]2O[C@H](C)C[C@H](N(C)CCc3cn([C@H](CF)[C@H](OC)c4ccc(CC(N)=O)cc4)nn3)[C@H]2O)[C@](C)(OC)C[C@@H](C)C(=O)[C@H](C)[C@@H](O)[C@]1(C)O. The van der Waals surface area contributed by atoms with E-state index in [0.717, 1.165) is 5.56 Å². The van der Waals surface area contributed by atoms with Crippen molar-refractivity contribution in [1.82, 2.24) is 19.9 Å². The molecule has 6 N–H and O–H groups in total. The van der Waals surface area contributed by atoms with Crippen molar-refractivity contribution in [2.24, 2.45) is 29.4 Å². The zero-order valence-electron chi connectivity index (χ0n) is 45.9. The molecule has 420 valence electrons. The minimum absolute atomic E-state index is 0.0320. The molecule has 0 aliphatic carbocycles. The molecule has 2 aromatic rings. The molecular formula is C53H86FN5O15. The van der Waals surface area contributed by atoms with E-state index in [1.807, 2.05) is 25.8 Å². The zero-order valence-corrected chi connectivity index (χ0v) is 45.9. The number of alkyl halides is 1. The second-order valence-electron chi connectivity index (χ2n) is 21.9. The fourth-order valence-electron chi connectivity index (χ4n) is 11.4. The summed E-state index contributed by atoms with van der Waals surface area (Å²) in [5.41, 5.74) is 2.84. The van der Waals surface area contributed by atoms with Crippen LogP contribution >= 0.6 is 0 Å². The number of amides is 1. The van der Waals surface area contributed by atoms with E-state index in [0.29, 0.717) is 30.6 Å². The highest BCUT2D eigenvalue weighted by atomic mass is 19.1. The molecular weight excluding hydrogens is 966 g/mol. The van der Waals surface area contributed by atoms with Crippen LogP contribution in [0.25, 0.3) is 0 Å². The average Bonchev–Trinajstić information content (AvgIpc) is 3.84. The number of carbonyl (C=O) groups is 3. The summed E-state index contributed by atoms with van der Waals surface area (Å²) in [4.78, 5) is 42.2. The van der Waals surface area contributed by atoms with Crippen LogP contribution in [0.3, 0.4) is 0 Å². The van der Waals surface area contributed by atoms with Gasteiger partial charge in [-0.15, -0.1) is 5.10 Å². The Bertz CT molecular complexity index is 2140. The van der Waals surface area contributed by atoms with Gasteiger partial charge in [-0.05, 0) is 79.0 Å². The van der Waals surface area contributed by atoms with Gasteiger partial charge in [0.2, 0.25) is 5.91 Å². The van der Waals surface area contributed by atoms with Gasteiger partial charge in [0.1, 0.15) is 48.5 Å². The normalized spacial score (nSPS) is 38.8. The fourth-order valence-corrected chi connectivity index (χ4v) is 11.4. The largest absolute Gasteiger partial charge is 0.459 e. The number of hydrogen-bond donors (Lipinski definition) is 5. The summed E-state index contributed by atoms with van der Waals surface area (Å²) in [6.45, 7) is 16.4. The van der Waals surface area contributed by atoms with Gasteiger partial charge < -0.3 is 69.0 Å². The summed E-state index contributed by atoms with van der Waals surface area (Å²) in [7, 11) is 6.31. The number of aromatic nitrogens is 3. The summed E-state index contributed by atoms with van der Waals surface area (Å²) in [5.74, 6) is -5.38. The number of primary amides is 1. The van der Waals surface area contributed by atoms with E-state index in [4.69, 9.17) is 43.6 Å². The number of aliphatic hydroxyl groups excluding tert-OH is 3. The highest BCUT2D eigenvalue weighted by molar-refractivity contribution is 5.83. The van der Waals surface area contributed by atoms with Crippen LogP contribution in [0.15, 0.2) is 30.5 Å². The number of benzene rings is 1. The van der Waals surface area contributed by atoms with Gasteiger partial charge in [-0.3, -0.25) is 14.4 Å². The molecule has 20 atom stereocenters. The average molecular weight is 1050 g/mol. The molecule has 3 saturated heterocycles. The van der Waals surface area contributed by atoms with Gasteiger partial charge in [0.25, 0.3) is 0 Å². The Balaban J connectivity index is 1.45. The first kappa shape index (κ1) is 61.3. The maximum absolute atomic E-state index is 14.8. The van der Waals surface area contributed by atoms with Crippen LogP contribution in [0.1, 0.15) is 124 Å². The number of rotatable bonds is 18. The third-order valence-electron chi connectivity index (χ3n) is 16.2. The molecule has 3 aliphatic rings. The number of ketones is 1. The highest BCUT2D eigenvalue weighted by Gasteiger charge is 2.54. The van der Waals surface area contributed by atoms with E-state index in [1.54, 1.807) is 72.0 Å². The van der Waals surface area contributed by atoms with Crippen molar-refractivity contribution in [1.29, 1.82) is 0 Å². The third kappa shape index (κ3) is 13.7. The van der Waals surface area contributed by atoms with Gasteiger partial charge in [0.05, 0.1) is 59.8 Å². The first-order valence-electron chi connectivity index (χ1n) is 26.0. The lowest BCUT2D eigenvalue weighted by Gasteiger charge is -2.50. The van der Waals surface area contributed by atoms with Crippen LogP contribution in [-0.4, -0.2) is 184 Å². The molecule has 1 aromatic carbocycles. The maximum atomic E-state index is 14.8. The quantitative estimate of drug-likeness (QED) is 0.134. The second kappa shape index (κ2) is 25.7. The third-order valence-corrected chi connectivity index (χ3v) is 16.2. The molecule has 0 spiro atoms. The molecule has 3 aliphatic heterocycles. The minimum atomic E-state index is -2.02. The number of aliphatic hydroxyl groups is 4. The van der Waals surface area contributed by atoms with Crippen LogP contribution in [0.2, 0.25) is 0 Å². The molecule has 4 heterocycles. The van der Waals surface area contributed by atoms with Crippen molar-refractivity contribution in [2.45, 2.75) is 204 Å². The number of ether oxygens (including phenoxy) is 8. The number of nitrogens with zero attached hydrogens (tertiary/aromatic N) is 4. The van der Waals surface area contributed by atoms with Crippen molar-refractivity contribution in [2.75, 3.05) is 41.6 Å². The van der Waals surface area contributed by atoms with Gasteiger partial charge in [-0.1, -0.05) is 57.2 Å². The van der Waals surface area contributed by atoms with Crippen LogP contribution in [0.4, 0.5) is 4.39 Å². The molecule has 0 unspecified atom stereocenters. The van der Waals surface area contributed by atoms with Crippen molar-refractivity contribution < 1.29 is 77.1 Å². The molecule has 21 heteroatoms. The Labute approximate surface area is 436 Å². The van der Waals surface area contributed by atoms with E-state index >= 15 is 0 Å². The minimum Gasteiger partial charge on any atom is -0.459 e. The smallest absolute Gasteiger partial charge is 0.311 e. The van der Waals surface area contributed by atoms with Gasteiger partial charge in [0, 0.05) is 70.7 Å². The lowest BCUT2D eigenvalue weighted by Crippen LogP contribution is -2.61. The fraction of sp³-hybridized carbons (Fsp3) is 0.792. The Morgan fingerprint density at radius 1 is 0.946 bits per heavy atom. The topological polar surface area (TPSA) is 266 Å². The van der Waals surface area contributed by atoms with Gasteiger partial charge in [-0.2, -0.15) is 0 Å². The Morgan fingerprint density at radius 2 is 1.59 bits per heavy atom. The Hall–Kier alpha value is -3.58. The predicted octanol–water partition coefficient (Wildman–Crippen LogP) is 3.57. The van der Waals surface area contributed by atoms with Crippen molar-refractivity contribution >= 4 is 17.7 Å². The maximum Gasteiger partial charge on any atom is 0.311 e. The predicted molar refractivity (Wildman–Crippen MR) is 268 cm³/mol. The number of esters is 1. The summed E-state index contributed by atoms with van der Waals surface area (Å²) in [5, 5.41) is 55.5. The summed E-state index contributed by atoms with van der Waals surface area (Å²) < 4.78 is 66.7. The number of cyclic esters (lactones) is 1. The van der Waals surface area contributed by atoms with E-state index in [-0.39, 0.29) is 31.5 Å². The Kier molecular flexibility index (Phi) is 21.3. The van der Waals surface area contributed by atoms with Crippen molar-refractivity contribution in [3.63, 3.8) is 0 Å².